The van der Waals surface area contributed by atoms with E-state index in [2.05, 4.69) is 31.2 Å². The average Bonchev–Trinajstić information content (AvgIpc) is 2.18. The Morgan fingerprint density at radius 3 is 2.36 bits per heavy atom. The van der Waals surface area contributed by atoms with Gasteiger partial charge < -0.3 is 0 Å². The van der Waals surface area contributed by atoms with Crippen molar-refractivity contribution >= 4 is 34.3 Å². The zero-order valence-corrected chi connectivity index (χ0v) is 12.3. The van der Waals surface area contributed by atoms with Crippen molar-refractivity contribution in [2.75, 3.05) is 3.77 Å². The van der Waals surface area contributed by atoms with Gasteiger partial charge in [0.25, 0.3) is 0 Å². The van der Waals surface area contributed by atoms with Crippen molar-refractivity contribution in [1.82, 2.24) is 0 Å². The maximum atomic E-state index is 5.94. The van der Waals surface area contributed by atoms with Crippen molar-refractivity contribution < 1.29 is 0 Å². The second-order valence-electron chi connectivity index (χ2n) is 3.37. The molecule has 3 heteroatoms. The molecule has 0 saturated carbocycles. The minimum absolute atomic E-state index is 0.138. The summed E-state index contributed by atoms with van der Waals surface area (Å²) >= 11 is 3.59. The van der Waals surface area contributed by atoms with Crippen LogP contribution in [0.15, 0.2) is 24.3 Å². The molecule has 1 aromatic rings. The van der Waals surface area contributed by atoms with E-state index in [1.54, 1.807) is 22.5 Å². The minimum atomic E-state index is 0.138. The van der Waals surface area contributed by atoms with Crippen molar-refractivity contribution in [2.45, 2.75) is 25.1 Å². The Bertz CT molecular complexity index is 288. The van der Waals surface area contributed by atoms with Crippen molar-refractivity contribution in [1.29, 1.82) is 0 Å². The van der Waals surface area contributed by atoms with Crippen LogP contribution in [0.5, 0.6) is 0 Å². The van der Waals surface area contributed by atoms with Crippen LogP contribution in [0.2, 0.25) is 0 Å². The third-order valence-electron chi connectivity index (χ3n) is 2.26. The fourth-order valence-electron chi connectivity index (χ4n) is 1.51. The third-order valence-corrected chi connectivity index (χ3v) is 4.61. The molecule has 2 N–H and O–H groups in total. The van der Waals surface area contributed by atoms with Gasteiger partial charge in [-0.1, -0.05) is 0 Å². The molecule has 0 fully saturated rings. The van der Waals surface area contributed by atoms with Gasteiger partial charge in [0.2, 0.25) is 0 Å². The van der Waals surface area contributed by atoms with Gasteiger partial charge in [-0.15, -0.1) is 0 Å². The van der Waals surface area contributed by atoms with Gasteiger partial charge in [-0.05, 0) is 0 Å². The molecule has 3 radical (unpaired) electrons. The molecule has 2 unspecified atom stereocenters. The molecular weight excluding hydrogens is 297 g/mol. The normalized spacial score (nSPS) is 15.1. The summed E-state index contributed by atoms with van der Waals surface area (Å²) in [6.45, 7) is 4.31. The molecule has 14 heavy (non-hydrogen) atoms. The van der Waals surface area contributed by atoms with Gasteiger partial charge in [0.1, 0.15) is 0 Å². The van der Waals surface area contributed by atoms with Crippen LogP contribution in [0.3, 0.4) is 0 Å². The summed E-state index contributed by atoms with van der Waals surface area (Å²) in [4.78, 5) is 0. The predicted molar refractivity (Wildman–Crippen MR) is 65.7 cm³/mol. The predicted octanol–water partition coefficient (Wildman–Crippen LogP) is 2.63. The van der Waals surface area contributed by atoms with Crippen LogP contribution in [-0.2, 0) is 0 Å². The zero-order chi connectivity index (χ0) is 10.6. The second-order valence-corrected chi connectivity index (χ2v) is 7.17. The summed E-state index contributed by atoms with van der Waals surface area (Å²) < 4.78 is 1.24. The Labute approximate surface area is 104 Å². The Kier molecular flexibility index (Phi) is 5.34. The molecule has 1 aromatic carbocycles. The molecule has 0 aliphatic rings. The van der Waals surface area contributed by atoms with Crippen molar-refractivity contribution in [3.05, 3.63) is 35.4 Å². The van der Waals surface area contributed by atoms with E-state index in [1.807, 2.05) is 18.7 Å². The summed E-state index contributed by atoms with van der Waals surface area (Å²) in [5.41, 5.74) is 8.63. The molecule has 0 amide bonds. The summed E-state index contributed by atoms with van der Waals surface area (Å²) in [7, 11) is 0. The van der Waals surface area contributed by atoms with Crippen LogP contribution in [0, 0.1) is 0 Å². The molecule has 0 heterocycles. The molecule has 75 valence electrons. The number of thioether (sulfide) groups is 1. The van der Waals surface area contributed by atoms with Gasteiger partial charge >= 0.3 is 104 Å². The van der Waals surface area contributed by atoms with Crippen LogP contribution in [-0.4, -0.2) is 26.3 Å². The summed E-state index contributed by atoms with van der Waals surface area (Å²) in [6.07, 6.45) is 0. The van der Waals surface area contributed by atoms with E-state index in [0.29, 0.717) is 5.25 Å². The first kappa shape index (κ1) is 12.4. The van der Waals surface area contributed by atoms with Crippen molar-refractivity contribution in [3.8, 4) is 0 Å². The number of benzene rings is 1. The summed E-state index contributed by atoms with van der Waals surface area (Å²) in [5.74, 6) is 0. The van der Waals surface area contributed by atoms with Crippen LogP contribution in [0.4, 0.5) is 0 Å². The van der Waals surface area contributed by atoms with Crippen molar-refractivity contribution in [2.24, 2.45) is 5.73 Å². The molecule has 0 aromatic heterocycles. The average molecular weight is 313 g/mol. The number of rotatable bonds is 4. The van der Waals surface area contributed by atoms with Gasteiger partial charge in [-0.2, -0.15) is 0 Å². The molecule has 2 atom stereocenters. The van der Waals surface area contributed by atoms with Gasteiger partial charge in [0.15, 0.2) is 0 Å². The van der Waals surface area contributed by atoms with E-state index < -0.39 is 0 Å². The molecule has 1 rings (SSSR count). The second kappa shape index (κ2) is 6.03. The van der Waals surface area contributed by atoms with E-state index in [4.69, 9.17) is 5.73 Å². The van der Waals surface area contributed by atoms with Crippen LogP contribution < -0.4 is 5.73 Å². The molecule has 0 spiro atoms. The van der Waals surface area contributed by atoms with E-state index in [9.17, 15) is 0 Å². The topological polar surface area (TPSA) is 26.0 Å². The van der Waals surface area contributed by atoms with E-state index in [1.165, 1.54) is 14.9 Å². The van der Waals surface area contributed by atoms with Crippen LogP contribution in [0.1, 0.15) is 36.3 Å². The molecular formula is C11H16NSSn. The molecule has 0 aliphatic carbocycles. The van der Waals surface area contributed by atoms with E-state index in [-0.39, 0.29) is 6.04 Å². The first-order valence-corrected chi connectivity index (χ1v) is 7.84. The zero-order valence-electron chi connectivity index (χ0n) is 8.66. The third kappa shape index (κ3) is 3.17. The van der Waals surface area contributed by atoms with Crippen molar-refractivity contribution in [3.63, 3.8) is 0 Å². The molecule has 0 aliphatic heterocycles. The molecule has 0 bridgehead atoms. The molecule has 1 nitrogen and oxygen atoms in total. The van der Waals surface area contributed by atoms with Crippen LogP contribution >= 0.6 is 11.8 Å². The number of nitrogens with two attached hydrogens (primary N) is 1. The van der Waals surface area contributed by atoms with E-state index in [0.717, 1.165) is 0 Å². The van der Waals surface area contributed by atoms with Gasteiger partial charge in [-0.25, -0.2) is 0 Å². The van der Waals surface area contributed by atoms with Gasteiger partial charge in [-0.3, -0.25) is 0 Å². The Balaban J connectivity index is 2.94. The van der Waals surface area contributed by atoms with Crippen LogP contribution in [0.25, 0.3) is 0 Å². The summed E-state index contributed by atoms with van der Waals surface area (Å²) in [6, 6.07) is 8.64. The Morgan fingerprint density at radius 1 is 1.29 bits per heavy atom. The monoisotopic (exact) mass is 314 g/mol. The first-order valence-electron chi connectivity index (χ1n) is 4.77. The first-order chi connectivity index (χ1) is 6.66. The Morgan fingerprint density at radius 2 is 1.86 bits per heavy atom. The molecule has 0 saturated heterocycles. The summed E-state index contributed by atoms with van der Waals surface area (Å²) in [5, 5.41) is 0.566. The fourth-order valence-corrected chi connectivity index (χ4v) is 4.30. The van der Waals surface area contributed by atoms with E-state index >= 15 is 0 Å². The number of hydrogen-bond acceptors (Lipinski definition) is 2. The van der Waals surface area contributed by atoms with Gasteiger partial charge in [0.05, 0.1) is 0 Å². The van der Waals surface area contributed by atoms with Gasteiger partial charge in [0, 0.05) is 0 Å². The standard InChI is InChI=1S/C11H16NS.Sn/c1-8(12)10-6-4-5-7-11(10)9(2)13-3;/h4-9H,3,12H2,1-2H3;. The Hall–Kier alpha value is 0.329. The number of hydrogen-bond donors (Lipinski definition) is 1. The maximum absolute atomic E-state index is 5.94. The SMILES string of the molecule is CC(N)c1ccccc1C(C)S[CH2][Sn]. The quantitative estimate of drug-likeness (QED) is 0.865. The fraction of sp³-hybridized carbons (Fsp3) is 0.455.